The molecule has 7 nitrogen and oxygen atoms in total. The molecule has 1 saturated heterocycles. The van der Waals surface area contributed by atoms with Crippen LogP contribution in [-0.2, 0) is 26.2 Å². The number of anilines is 1. The number of amides is 2. The smallest absolute Gasteiger partial charge is 0.243 e. The molecule has 1 atom stereocenters. The normalized spacial score (nSPS) is 19.2. The van der Waals surface area contributed by atoms with E-state index in [4.69, 9.17) is 0 Å². The summed E-state index contributed by atoms with van der Waals surface area (Å²) in [6.07, 6.45) is 3.06. The van der Waals surface area contributed by atoms with Crippen LogP contribution in [0, 0.1) is 12.8 Å². The SMILES string of the molecule is Cc1ccc(S(=O)(=O)N2CCCC2C(=O)NCc2ccc(NC(=O)C3CC3)cc2)cc1. The van der Waals surface area contributed by atoms with Crippen molar-refractivity contribution in [3.8, 4) is 0 Å². The zero-order valence-corrected chi connectivity index (χ0v) is 18.3. The van der Waals surface area contributed by atoms with Gasteiger partial charge in [-0.25, -0.2) is 8.42 Å². The number of rotatable bonds is 7. The van der Waals surface area contributed by atoms with Crippen molar-refractivity contribution < 1.29 is 18.0 Å². The third-order valence-electron chi connectivity index (χ3n) is 5.77. The van der Waals surface area contributed by atoms with Gasteiger partial charge in [-0.05, 0) is 62.4 Å². The largest absolute Gasteiger partial charge is 0.351 e. The molecule has 0 radical (unpaired) electrons. The van der Waals surface area contributed by atoms with Gasteiger partial charge in [-0.1, -0.05) is 29.8 Å². The first-order chi connectivity index (χ1) is 14.8. The van der Waals surface area contributed by atoms with Gasteiger partial charge in [-0.15, -0.1) is 0 Å². The number of nitrogens with one attached hydrogen (secondary N) is 2. The third kappa shape index (κ3) is 4.97. The van der Waals surface area contributed by atoms with Crippen LogP contribution < -0.4 is 10.6 Å². The van der Waals surface area contributed by atoms with E-state index in [1.807, 2.05) is 31.2 Å². The van der Waals surface area contributed by atoms with Crippen LogP contribution in [0.1, 0.15) is 36.8 Å². The van der Waals surface area contributed by atoms with Crippen LogP contribution in [0.2, 0.25) is 0 Å². The summed E-state index contributed by atoms with van der Waals surface area (Å²) in [5, 5.41) is 5.74. The van der Waals surface area contributed by atoms with Crippen LogP contribution in [0.3, 0.4) is 0 Å². The molecule has 2 aromatic rings. The molecule has 1 saturated carbocycles. The summed E-state index contributed by atoms with van der Waals surface area (Å²) in [5.74, 6) is -0.0963. The molecule has 2 aliphatic rings. The molecule has 2 amide bonds. The molecule has 8 heteroatoms. The summed E-state index contributed by atoms with van der Waals surface area (Å²) in [7, 11) is -3.72. The summed E-state index contributed by atoms with van der Waals surface area (Å²) in [5.41, 5.74) is 2.59. The highest BCUT2D eigenvalue weighted by atomic mass is 32.2. The second kappa shape index (κ2) is 8.80. The predicted octanol–water partition coefficient (Wildman–Crippen LogP) is 2.81. The van der Waals surface area contributed by atoms with Crippen molar-refractivity contribution in [1.29, 1.82) is 0 Å². The van der Waals surface area contributed by atoms with Gasteiger partial charge in [-0.2, -0.15) is 4.31 Å². The molecular formula is C23H27N3O4S. The van der Waals surface area contributed by atoms with Gasteiger partial charge in [0.25, 0.3) is 0 Å². The van der Waals surface area contributed by atoms with Crippen LogP contribution in [0.25, 0.3) is 0 Å². The van der Waals surface area contributed by atoms with Crippen molar-refractivity contribution in [3.05, 3.63) is 59.7 Å². The second-order valence-corrected chi connectivity index (χ2v) is 10.2. The first kappa shape index (κ1) is 21.5. The number of hydrogen-bond acceptors (Lipinski definition) is 4. The summed E-state index contributed by atoms with van der Waals surface area (Å²) in [6.45, 7) is 2.53. The number of benzene rings is 2. The van der Waals surface area contributed by atoms with Crippen molar-refractivity contribution >= 4 is 27.5 Å². The number of carbonyl (C=O) groups excluding carboxylic acids is 2. The molecule has 0 bridgehead atoms. The molecule has 4 rings (SSSR count). The highest BCUT2D eigenvalue weighted by Crippen LogP contribution is 2.30. The molecule has 164 valence electrons. The fraction of sp³-hybridized carbons (Fsp3) is 0.391. The molecule has 1 aliphatic heterocycles. The summed E-state index contributed by atoms with van der Waals surface area (Å²) in [6, 6.07) is 13.3. The number of sulfonamides is 1. The van der Waals surface area contributed by atoms with Crippen molar-refractivity contribution in [1.82, 2.24) is 9.62 Å². The average molecular weight is 442 g/mol. The maximum absolute atomic E-state index is 13.0. The molecule has 1 unspecified atom stereocenters. The van der Waals surface area contributed by atoms with Crippen LogP contribution >= 0.6 is 0 Å². The van der Waals surface area contributed by atoms with Gasteiger partial charge in [0.05, 0.1) is 4.90 Å². The molecule has 2 aromatic carbocycles. The van der Waals surface area contributed by atoms with Gasteiger partial charge in [0.2, 0.25) is 21.8 Å². The molecule has 2 fully saturated rings. The Morgan fingerprint density at radius 3 is 2.29 bits per heavy atom. The van der Waals surface area contributed by atoms with E-state index in [2.05, 4.69) is 10.6 Å². The van der Waals surface area contributed by atoms with Crippen molar-refractivity contribution in [2.24, 2.45) is 5.92 Å². The maximum atomic E-state index is 13.0. The molecule has 31 heavy (non-hydrogen) atoms. The topological polar surface area (TPSA) is 95.6 Å². The Hall–Kier alpha value is -2.71. The van der Waals surface area contributed by atoms with Crippen LogP contribution in [-0.4, -0.2) is 37.1 Å². The van der Waals surface area contributed by atoms with Crippen LogP contribution in [0.15, 0.2) is 53.4 Å². The van der Waals surface area contributed by atoms with Crippen LogP contribution in [0.5, 0.6) is 0 Å². The van der Waals surface area contributed by atoms with Crippen molar-refractivity contribution in [2.45, 2.75) is 50.1 Å². The maximum Gasteiger partial charge on any atom is 0.243 e. The highest BCUT2D eigenvalue weighted by molar-refractivity contribution is 7.89. The van der Waals surface area contributed by atoms with Gasteiger partial charge in [-0.3, -0.25) is 9.59 Å². The lowest BCUT2D eigenvalue weighted by molar-refractivity contribution is -0.124. The molecule has 0 spiro atoms. The van der Waals surface area contributed by atoms with E-state index in [9.17, 15) is 18.0 Å². The summed E-state index contributed by atoms with van der Waals surface area (Å²) < 4.78 is 27.4. The minimum atomic E-state index is -3.72. The van der Waals surface area contributed by atoms with Gasteiger partial charge in [0, 0.05) is 24.7 Å². The van der Waals surface area contributed by atoms with E-state index in [-0.39, 0.29) is 22.6 Å². The zero-order valence-electron chi connectivity index (χ0n) is 17.5. The van der Waals surface area contributed by atoms with Gasteiger partial charge in [0.1, 0.15) is 6.04 Å². The van der Waals surface area contributed by atoms with E-state index < -0.39 is 16.1 Å². The van der Waals surface area contributed by atoms with E-state index >= 15 is 0 Å². The molecule has 1 heterocycles. The fourth-order valence-corrected chi connectivity index (χ4v) is 5.39. The second-order valence-electron chi connectivity index (χ2n) is 8.27. The first-order valence-electron chi connectivity index (χ1n) is 10.6. The Kier molecular flexibility index (Phi) is 6.11. The standard InChI is InChI=1S/C23H27N3O4S/c1-16-4-12-20(13-5-16)31(29,30)26-14-2-3-21(26)23(28)24-15-17-6-10-19(11-7-17)25-22(27)18-8-9-18/h4-7,10-13,18,21H,2-3,8-9,14-15H2,1H3,(H,24,28)(H,25,27). The Morgan fingerprint density at radius 1 is 0.968 bits per heavy atom. The number of aryl methyl sites for hydroxylation is 1. The van der Waals surface area contributed by atoms with E-state index in [0.29, 0.717) is 25.9 Å². The monoisotopic (exact) mass is 441 g/mol. The van der Waals surface area contributed by atoms with E-state index in [0.717, 1.165) is 29.7 Å². The van der Waals surface area contributed by atoms with Gasteiger partial charge in [0.15, 0.2) is 0 Å². The Morgan fingerprint density at radius 2 is 1.65 bits per heavy atom. The lowest BCUT2D eigenvalue weighted by Crippen LogP contribution is -2.45. The number of hydrogen-bond donors (Lipinski definition) is 2. The Bertz CT molecular complexity index is 1060. The average Bonchev–Trinajstić information content (AvgIpc) is 3.49. The minimum Gasteiger partial charge on any atom is -0.351 e. The quantitative estimate of drug-likeness (QED) is 0.691. The van der Waals surface area contributed by atoms with Crippen molar-refractivity contribution in [3.63, 3.8) is 0 Å². The molecule has 0 aromatic heterocycles. The minimum absolute atomic E-state index is 0.0529. The zero-order chi connectivity index (χ0) is 22.0. The van der Waals surface area contributed by atoms with Crippen molar-refractivity contribution in [2.75, 3.05) is 11.9 Å². The summed E-state index contributed by atoms with van der Waals surface area (Å²) >= 11 is 0. The summed E-state index contributed by atoms with van der Waals surface area (Å²) in [4.78, 5) is 24.8. The number of nitrogens with zero attached hydrogens (tertiary/aromatic N) is 1. The predicted molar refractivity (Wildman–Crippen MR) is 118 cm³/mol. The fourth-order valence-electron chi connectivity index (χ4n) is 3.74. The van der Waals surface area contributed by atoms with Gasteiger partial charge >= 0.3 is 0 Å². The Labute approximate surface area is 182 Å². The van der Waals surface area contributed by atoms with E-state index in [1.165, 1.54) is 4.31 Å². The lowest BCUT2D eigenvalue weighted by Gasteiger charge is -2.23. The highest BCUT2D eigenvalue weighted by Gasteiger charge is 2.39. The Balaban J connectivity index is 1.36. The first-order valence-corrected chi connectivity index (χ1v) is 12.0. The molecular weight excluding hydrogens is 414 g/mol. The lowest BCUT2D eigenvalue weighted by atomic mass is 10.2. The number of carbonyl (C=O) groups is 2. The molecule has 2 N–H and O–H groups in total. The third-order valence-corrected chi connectivity index (χ3v) is 7.69. The van der Waals surface area contributed by atoms with Crippen LogP contribution in [0.4, 0.5) is 5.69 Å². The van der Waals surface area contributed by atoms with Gasteiger partial charge < -0.3 is 10.6 Å². The molecule has 1 aliphatic carbocycles. The van der Waals surface area contributed by atoms with E-state index in [1.54, 1.807) is 24.3 Å².